The van der Waals surface area contributed by atoms with Crippen molar-refractivity contribution < 1.29 is 4.79 Å². The first kappa shape index (κ1) is 12.9. The zero-order valence-electron chi connectivity index (χ0n) is 11.8. The molecule has 1 fully saturated rings. The van der Waals surface area contributed by atoms with Crippen LogP contribution in [0.3, 0.4) is 0 Å². The molecule has 0 aliphatic heterocycles. The Morgan fingerprint density at radius 2 is 2.00 bits per heavy atom. The van der Waals surface area contributed by atoms with Crippen LogP contribution in [0.4, 0.5) is 0 Å². The summed E-state index contributed by atoms with van der Waals surface area (Å²) in [7, 11) is 0. The van der Waals surface area contributed by atoms with E-state index >= 15 is 0 Å². The summed E-state index contributed by atoms with van der Waals surface area (Å²) in [6.07, 6.45) is 8.18. The summed E-state index contributed by atoms with van der Waals surface area (Å²) < 4.78 is 0. The highest BCUT2D eigenvalue weighted by Gasteiger charge is 2.33. The monoisotopic (exact) mass is 234 g/mol. The molecule has 0 aromatic carbocycles. The Balaban J connectivity index is 2.01. The fourth-order valence-corrected chi connectivity index (χ4v) is 3.60. The van der Waals surface area contributed by atoms with Crippen molar-refractivity contribution in [3.05, 3.63) is 11.6 Å². The Kier molecular flexibility index (Phi) is 3.47. The molecule has 0 radical (unpaired) electrons. The van der Waals surface area contributed by atoms with Crippen molar-refractivity contribution in [2.45, 2.75) is 59.8 Å². The van der Waals surface area contributed by atoms with Crippen LogP contribution in [0.2, 0.25) is 0 Å². The van der Waals surface area contributed by atoms with Gasteiger partial charge in [0.1, 0.15) is 0 Å². The molecule has 2 rings (SSSR count). The maximum absolute atomic E-state index is 11.7. The SMILES string of the molecule is CC1CC2CC(CC(C)(C)C)CCC2=CC1=O. The lowest BCUT2D eigenvalue weighted by Crippen LogP contribution is -2.28. The molecule has 2 aliphatic carbocycles. The summed E-state index contributed by atoms with van der Waals surface area (Å²) in [5, 5.41) is 0. The second-order valence-electron chi connectivity index (χ2n) is 7.36. The molecule has 1 heteroatoms. The van der Waals surface area contributed by atoms with E-state index in [-0.39, 0.29) is 5.92 Å². The Morgan fingerprint density at radius 1 is 1.29 bits per heavy atom. The molecule has 0 aromatic rings. The average Bonchev–Trinajstić information content (AvgIpc) is 2.18. The van der Waals surface area contributed by atoms with E-state index in [0.29, 0.717) is 17.1 Å². The van der Waals surface area contributed by atoms with Gasteiger partial charge in [-0.25, -0.2) is 0 Å². The third-order valence-corrected chi connectivity index (χ3v) is 4.34. The molecule has 0 amide bonds. The molecule has 0 N–H and O–H groups in total. The smallest absolute Gasteiger partial charge is 0.158 e. The molecule has 1 nitrogen and oxygen atoms in total. The van der Waals surface area contributed by atoms with Gasteiger partial charge in [-0.2, -0.15) is 0 Å². The topological polar surface area (TPSA) is 17.1 Å². The van der Waals surface area contributed by atoms with Gasteiger partial charge in [0, 0.05) is 5.92 Å². The van der Waals surface area contributed by atoms with E-state index < -0.39 is 0 Å². The Hall–Kier alpha value is -0.590. The molecular formula is C16H26O. The van der Waals surface area contributed by atoms with Crippen LogP contribution in [0, 0.1) is 23.2 Å². The molecule has 3 atom stereocenters. The zero-order valence-corrected chi connectivity index (χ0v) is 11.8. The Bertz CT molecular complexity index is 332. The number of hydrogen-bond acceptors (Lipinski definition) is 1. The van der Waals surface area contributed by atoms with Gasteiger partial charge in [0.2, 0.25) is 0 Å². The molecule has 0 aromatic heterocycles. The van der Waals surface area contributed by atoms with Crippen LogP contribution in [0.1, 0.15) is 59.8 Å². The molecule has 96 valence electrons. The standard InChI is InChI=1S/C16H26O/c1-11-7-14-8-12(10-16(2,3)4)5-6-13(14)9-15(11)17/h9,11-12,14H,5-8,10H2,1-4H3. The minimum Gasteiger partial charge on any atom is -0.295 e. The number of fused-ring (bicyclic) bond motifs is 1. The fraction of sp³-hybridized carbons (Fsp3) is 0.812. The number of carbonyl (C=O) groups is 1. The van der Waals surface area contributed by atoms with Gasteiger partial charge >= 0.3 is 0 Å². The van der Waals surface area contributed by atoms with E-state index in [2.05, 4.69) is 27.7 Å². The van der Waals surface area contributed by atoms with E-state index in [9.17, 15) is 4.79 Å². The highest BCUT2D eigenvalue weighted by Crippen LogP contribution is 2.43. The van der Waals surface area contributed by atoms with Crippen molar-refractivity contribution in [1.29, 1.82) is 0 Å². The summed E-state index contributed by atoms with van der Waals surface area (Å²) >= 11 is 0. The van der Waals surface area contributed by atoms with E-state index in [4.69, 9.17) is 0 Å². The number of ketones is 1. The summed E-state index contributed by atoms with van der Waals surface area (Å²) in [4.78, 5) is 11.7. The maximum atomic E-state index is 11.7. The fourth-order valence-electron chi connectivity index (χ4n) is 3.60. The normalized spacial score (nSPS) is 34.2. The molecule has 2 aliphatic rings. The number of rotatable bonds is 1. The van der Waals surface area contributed by atoms with Gasteiger partial charge in [-0.15, -0.1) is 0 Å². The summed E-state index contributed by atoms with van der Waals surface area (Å²) in [5.74, 6) is 2.21. The minimum atomic E-state index is 0.261. The van der Waals surface area contributed by atoms with Crippen molar-refractivity contribution in [3.63, 3.8) is 0 Å². The first-order valence-electron chi connectivity index (χ1n) is 7.09. The van der Waals surface area contributed by atoms with Gasteiger partial charge in [0.25, 0.3) is 0 Å². The number of allylic oxidation sites excluding steroid dienone is 2. The predicted octanol–water partition coefficient (Wildman–Crippen LogP) is 4.37. The van der Waals surface area contributed by atoms with E-state index in [1.54, 1.807) is 0 Å². The molecule has 0 saturated heterocycles. The van der Waals surface area contributed by atoms with E-state index in [1.165, 1.54) is 31.3 Å². The van der Waals surface area contributed by atoms with E-state index in [1.807, 2.05) is 6.08 Å². The lowest BCUT2D eigenvalue weighted by Gasteiger charge is -2.37. The van der Waals surface area contributed by atoms with Crippen LogP contribution in [0.5, 0.6) is 0 Å². The molecule has 17 heavy (non-hydrogen) atoms. The van der Waals surface area contributed by atoms with Crippen molar-refractivity contribution in [1.82, 2.24) is 0 Å². The van der Waals surface area contributed by atoms with Crippen molar-refractivity contribution in [2.75, 3.05) is 0 Å². The second kappa shape index (κ2) is 4.59. The summed E-state index contributed by atoms with van der Waals surface area (Å²) in [6.45, 7) is 9.10. The van der Waals surface area contributed by atoms with Crippen molar-refractivity contribution >= 4 is 5.78 Å². The quantitative estimate of drug-likeness (QED) is 0.658. The van der Waals surface area contributed by atoms with Crippen LogP contribution >= 0.6 is 0 Å². The predicted molar refractivity (Wildman–Crippen MR) is 71.8 cm³/mol. The maximum Gasteiger partial charge on any atom is 0.158 e. The highest BCUT2D eigenvalue weighted by atomic mass is 16.1. The third kappa shape index (κ3) is 3.20. The van der Waals surface area contributed by atoms with Crippen LogP contribution in [-0.2, 0) is 4.79 Å². The summed E-state index contributed by atoms with van der Waals surface area (Å²) in [5.41, 5.74) is 1.90. The van der Waals surface area contributed by atoms with Crippen LogP contribution in [-0.4, -0.2) is 5.78 Å². The summed E-state index contributed by atoms with van der Waals surface area (Å²) in [6, 6.07) is 0. The largest absolute Gasteiger partial charge is 0.295 e. The number of carbonyl (C=O) groups excluding carboxylic acids is 1. The molecule has 0 spiro atoms. The minimum absolute atomic E-state index is 0.261. The van der Waals surface area contributed by atoms with Crippen LogP contribution < -0.4 is 0 Å². The molecular weight excluding hydrogens is 208 g/mol. The van der Waals surface area contributed by atoms with Gasteiger partial charge in [0.05, 0.1) is 0 Å². The van der Waals surface area contributed by atoms with Crippen LogP contribution in [0.15, 0.2) is 11.6 Å². The zero-order chi connectivity index (χ0) is 12.6. The van der Waals surface area contributed by atoms with Crippen molar-refractivity contribution in [2.24, 2.45) is 23.2 Å². The molecule has 1 saturated carbocycles. The molecule has 3 unspecified atom stereocenters. The van der Waals surface area contributed by atoms with Gasteiger partial charge in [-0.1, -0.05) is 33.3 Å². The Labute approximate surface area is 106 Å². The lowest BCUT2D eigenvalue weighted by molar-refractivity contribution is -0.118. The molecule has 0 bridgehead atoms. The highest BCUT2D eigenvalue weighted by molar-refractivity contribution is 5.93. The first-order valence-corrected chi connectivity index (χ1v) is 7.09. The lowest BCUT2D eigenvalue weighted by atomic mass is 9.67. The average molecular weight is 234 g/mol. The van der Waals surface area contributed by atoms with Gasteiger partial charge < -0.3 is 0 Å². The second-order valence-corrected chi connectivity index (χ2v) is 7.36. The Morgan fingerprint density at radius 3 is 2.65 bits per heavy atom. The first-order chi connectivity index (χ1) is 7.85. The third-order valence-electron chi connectivity index (χ3n) is 4.34. The van der Waals surface area contributed by atoms with Gasteiger partial charge in [-0.05, 0) is 55.4 Å². The number of hydrogen-bond donors (Lipinski definition) is 0. The van der Waals surface area contributed by atoms with Gasteiger partial charge in [-0.3, -0.25) is 4.79 Å². The molecule has 0 heterocycles. The van der Waals surface area contributed by atoms with Gasteiger partial charge in [0.15, 0.2) is 5.78 Å². The van der Waals surface area contributed by atoms with Crippen molar-refractivity contribution in [3.8, 4) is 0 Å². The van der Waals surface area contributed by atoms with Crippen LogP contribution in [0.25, 0.3) is 0 Å². The van der Waals surface area contributed by atoms with E-state index in [0.717, 1.165) is 12.3 Å².